The zero-order valence-corrected chi connectivity index (χ0v) is 22.1. The molecular weight excluding hydrogens is 460 g/mol. The molecule has 3 heterocycles. The summed E-state index contributed by atoms with van der Waals surface area (Å²) in [5, 5.41) is 4.27. The fraction of sp³-hybridized carbons (Fsp3) is 0.667. The predicted octanol–water partition coefficient (Wildman–Crippen LogP) is 3.97. The zero-order chi connectivity index (χ0) is 24.5. The van der Waals surface area contributed by atoms with Crippen molar-refractivity contribution in [3.05, 3.63) is 39.5 Å². The Balaban J connectivity index is 1.14. The van der Waals surface area contributed by atoms with Crippen LogP contribution in [-0.2, 0) is 28.8 Å². The van der Waals surface area contributed by atoms with Crippen LogP contribution >= 0.6 is 11.3 Å². The van der Waals surface area contributed by atoms with Crippen molar-refractivity contribution in [1.82, 2.24) is 20.2 Å². The number of nitrogens with zero attached hydrogens (tertiary/aromatic N) is 3. The second-order valence-electron chi connectivity index (χ2n) is 9.74. The Morgan fingerprint density at radius 3 is 2.77 bits per heavy atom. The highest BCUT2D eigenvalue weighted by atomic mass is 32.1. The van der Waals surface area contributed by atoms with Crippen LogP contribution in [0.1, 0.15) is 60.2 Å². The molecule has 2 aromatic rings. The molecule has 0 bridgehead atoms. The molecule has 0 radical (unpaired) electrons. The maximum Gasteiger partial charge on any atom is 0.225 e. The number of aromatic nitrogens is 2. The van der Waals surface area contributed by atoms with Gasteiger partial charge in [-0.2, -0.15) is 0 Å². The van der Waals surface area contributed by atoms with E-state index in [-0.39, 0.29) is 5.91 Å². The van der Waals surface area contributed by atoms with E-state index in [1.807, 2.05) is 26.1 Å². The first-order valence-corrected chi connectivity index (χ1v) is 14.0. The molecule has 1 N–H and O–H groups in total. The lowest BCUT2D eigenvalue weighted by Gasteiger charge is -2.30. The largest absolute Gasteiger partial charge is 0.475 e. The summed E-state index contributed by atoms with van der Waals surface area (Å²) < 4.78 is 11.1. The maximum atomic E-state index is 12.4. The summed E-state index contributed by atoms with van der Waals surface area (Å²) in [4.78, 5) is 25.0. The maximum absolute atomic E-state index is 12.4. The number of ether oxygens (including phenoxy) is 2. The first-order valence-electron chi connectivity index (χ1n) is 13.2. The van der Waals surface area contributed by atoms with Crippen molar-refractivity contribution in [3.8, 4) is 5.88 Å². The van der Waals surface area contributed by atoms with Gasteiger partial charge in [-0.15, -0.1) is 11.3 Å². The van der Waals surface area contributed by atoms with Crippen molar-refractivity contribution >= 4 is 17.2 Å². The Labute approximate surface area is 213 Å². The number of pyridine rings is 1. The van der Waals surface area contributed by atoms with E-state index in [0.717, 1.165) is 61.1 Å². The van der Waals surface area contributed by atoms with Crippen LogP contribution in [0.3, 0.4) is 0 Å². The van der Waals surface area contributed by atoms with E-state index in [0.29, 0.717) is 38.2 Å². The van der Waals surface area contributed by atoms with E-state index in [1.165, 1.54) is 30.5 Å². The number of carbonyl (C=O) groups is 1. The van der Waals surface area contributed by atoms with E-state index in [2.05, 4.69) is 21.3 Å². The van der Waals surface area contributed by atoms with E-state index < -0.39 is 0 Å². The molecule has 0 spiro atoms. The molecule has 4 rings (SSSR count). The highest BCUT2D eigenvalue weighted by Gasteiger charge is 2.24. The van der Waals surface area contributed by atoms with Gasteiger partial charge >= 0.3 is 0 Å². The van der Waals surface area contributed by atoms with Gasteiger partial charge in [-0.3, -0.25) is 4.79 Å². The van der Waals surface area contributed by atoms with Crippen molar-refractivity contribution in [2.45, 2.75) is 71.3 Å². The molecule has 1 aliphatic heterocycles. The molecule has 1 amide bonds. The molecule has 1 aliphatic carbocycles. The second kappa shape index (κ2) is 13.3. The standard InChI is InChI=1S/C27H40N4O3S/c1-3-33-16-17-34-27-9-6-22-11-14-31(15-12-25(22)30-27)13-10-21-4-7-23(8-5-21)29-26(32)18-24-19-28-20(2)35-24/h6,9,19,21,23H,3-5,7-8,10-18H2,1-2H3,(H,29,32). The first kappa shape index (κ1) is 26.0. The number of rotatable bonds is 11. The fourth-order valence-electron chi connectivity index (χ4n) is 5.15. The van der Waals surface area contributed by atoms with Gasteiger partial charge in [0.2, 0.25) is 11.8 Å². The third-order valence-electron chi connectivity index (χ3n) is 7.16. The van der Waals surface area contributed by atoms with Crippen molar-refractivity contribution in [1.29, 1.82) is 0 Å². The van der Waals surface area contributed by atoms with Crippen LogP contribution in [0, 0.1) is 12.8 Å². The molecule has 0 unspecified atom stereocenters. The van der Waals surface area contributed by atoms with E-state index in [9.17, 15) is 4.79 Å². The second-order valence-corrected chi connectivity index (χ2v) is 11.1. The Bertz CT molecular complexity index is 942. The molecule has 8 heteroatoms. The van der Waals surface area contributed by atoms with Crippen molar-refractivity contribution in [2.75, 3.05) is 39.5 Å². The molecule has 2 aromatic heterocycles. The number of carbonyl (C=O) groups excluding carboxylic acids is 1. The summed E-state index contributed by atoms with van der Waals surface area (Å²) >= 11 is 1.61. The number of aryl methyl sites for hydroxylation is 1. The summed E-state index contributed by atoms with van der Waals surface area (Å²) in [6.45, 7) is 9.14. The molecule has 35 heavy (non-hydrogen) atoms. The Morgan fingerprint density at radius 2 is 2.00 bits per heavy atom. The quantitative estimate of drug-likeness (QED) is 0.471. The molecule has 2 aliphatic rings. The van der Waals surface area contributed by atoms with Crippen molar-refractivity contribution in [2.24, 2.45) is 5.92 Å². The van der Waals surface area contributed by atoms with Crippen LogP contribution in [0.5, 0.6) is 5.88 Å². The minimum atomic E-state index is 0.137. The highest BCUT2D eigenvalue weighted by Crippen LogP contribution is 2.28. The number of hydrogen-bond donors (Lipinski definition) is 1. The topological polar surface area (TPSA) is 76.6 Å². The molecule has 0 saturated heterocycles. The summed E-state index contributed by atoms with van der Waals surface area (Å²) in [5.74, 6) is 1.61. The average Bonchev–Trinajstić information content (AvgIpc) is 3.15. The van der Waals surface area contributed by atoms with E-state index >= 15 is 0 Å². The third kappa shape index (κ3) is 8.26. The van der Waals surface area contributed by atoms with Crippen LogP contribution in [-0.4, -0.2) is 66.3 Å². The van der Waals surface area contributed by atoms with Gasteiger partial charge in [0.15, 0.2) is 0 Å². The van der Waals surface area contributed by atoms with Gasteiger partial charge in [-0.05, 0) is 70.4 Å². The molecule has 0 aromatic carbocycles. The summed E-state index contributed by atoms with van der Waals surface area (Å²) in [6, 6.07) is 4.51. The number of hydrogen-bond acceptors (Lipinski definition) is 7. The Kier molecular flexibility index (Phi) is 9.92. The van der Waals surface area contributed by atoms with Crippen LogP contribution in [0.15, 0.2) is 18.3 Å². The molecule has 1 fully saturated rings. The number of amides is 1. The lowest BCUT2D eigenvalue weighted by Crippen LogP contribution is -2.38. The van der Waals surface area contributed by atoms with Gasteiger partial charge in [-0.25, -0.2) is 9.97 Å². The molecule has 192 valence electrons. The fourth-order valence-corrected chi connectivity index (χ4v) is 5.94. The SMILES string of the molecule is CCOCCOc1ccc2c(n1)CCN(CCC1CCC(NC(=O)Cc3cnc(C)s3)CC1)CC2. The van der Waals surface area contributed by atoms with Crippen LogP contribution in [0.25, 0.3) is 0 Å². The summed E-state index contributed by atoms with van der Waals surface area (Å²) in [7, 11) is 0. The van der Waals surface area contributed by atoms with Gasteiger partial charge in [0.25, 0.3) is 0 Å². The normalized spacial score (nSPS) is 20.7. The zero-order valence-electron chi connectivity index (χ0n) is 21.3. The number of fused-ring (bicyclic) bond motifs is 1. The monoisotopic (exact) mass is 500 g/mol. The van der Waals surface area contributed by atoms with Crippen LogP contribution < -0.4 is 10.1 Å². The summed E-state index contributed by atoms with van der Waals surface area (Å²) in [6.07, 6.45) is 10.2. The lowest BCUT2D eigenvalue weighted by atomic mass is 9.84. The number of nitrogens with one attached hydrogen (secondary N) is 1. The lowest BCUT2D eigenvalue weighted by molar-refractivity contribution is -0.121. The van der Waals surface area contributed by atoms with E-state index in [1.54, 1.807) is 11.3 Å². The van der Waals surface area contributed by atoms with Gasteiger partial charge in [0, 0.05) is 55.0 Å². The molecule has 0 atom stereocenters. The van der Waals surface area contributed by atoms with Gasteiger partial charge in [-0.1, -0.05) is 6.07 Å². The van der Waals surface area contributed by atoms with Crippen molar-refractivity contribution < 1.29 is 14.3 Å². The first-order chi connectivity index (χ1) is 17.1. The van der Waals surface area contributed by atoms with Crippen LogP contribution in [0.2, 0.25) is 0 Å². The minimum absolute atomic E-state index is 0.137. The molecule has 1 saturated carbocycles. The van der Waals surface area contributed by atoms with Crippen LogP contribution in [0.4, 0.5) is 0 Å². The predicted molar refractivity (Wildman–Crippen MR) is 139 cm³/mol. The van der Waals surface area contributed by atoms with Gasteiger partial charge < -0.3 is 19.7 Å². The van der Waals surface area contributed by atoms with E-state index in [4.69, 9.17) is 14.5 Å². The van der Waals surface area contributed by atoms with Gasteiger partial charge in [0.1, 0.15) is 6.61 Å². The molecule has 7 nitrogen and oxygen atoms in total. The minimum Gasteiger partial charge on any atom is -0.475 e. The average molecular weight is 501 g/mol. The highest BCUT2D eigenvalue weighted by molar-refractivity contribution is 7.11. The van der Waals surface area contributed by atoms with Gasteiger partial charge in [0.05, 0.1) is 18.0 Å². The number of thiazole rings is 1. The smallest absolute Gasteiger partial charge is 0.225 e. The Morgan fingerprint density at radius 1 is 1.17 bits per heavy atom. The van der Waals surface area contributed by atoms with Crippen molar-refractivity contribution in [3.63, 3.8) is 0 Å². The molecular formula is C27H40N4O3S. The Hall–Kier alpha value is -2.03. The summed E-state index contributed by atoms with van der Waals surface area (Å²) in [5.41, 5.74) is 2.54. The third-order valence-corrected chi connectivity index (χ3v) is 8.07.